The van der Waals surface area contributed by atoms with Crippen molar-refractivity contribution in [2.45, 2.75) is 43.3 Å². The fourth-order valence-electron chi connectivity index (χ4n) is 4.27. The van der Waals surface area contributed by atoms with Crippen molar-refractivity contribution >= 4 is 29.1 Å². The number of benzene rings is 2. The Labute approximate surface area is 210 Å². The molecule has 4 rings (SSSR count). The van der Waals surface area contributed by atoms with Gasteiger partial charge in [-0.1, -0.05) is 60.6 Å². The molecule has 36 heavy (non-hydrogen) atoms. The van der Waals surface area contributed by atoms with E-state index in [0.717, 1.165) is 24.6 Å². The number of ketones is 1. The predicted molar refractivity (Wildman–Crippen MR) is 131 cm³/mol. The van der Waals surface area contributed by atoms with Gasteiger partial charge in [0.2, 0.25) is 5.91 Å². The number of para-hydroxylation sites is 1. The second kappa shape index (κ2) is 11.0. The fourth-order valence-corrected chi connectivity index (χ4v) is 5.08. The summed E-state index contributed by atoms with van der Waals surface area (Å²) >= 11 is 0.789. The number of thioether (sulfide) groups is 1. The molecule has 3 aromatic rings. The van der Waals surface area contributed by atoms with Gasteiger partial charge >= 0.3 is 6.18 Å². The van der Waals surface area contributed by atoms with Crippen LogP contribution in [0.5, 0.6) is 0 Å². The molecule has 0 spiro atoms. The standard InChI is InChI=1S/C27H22F3N3O2S/c28-27(29,30)24-18-11-5-2-6-13-21(18)33-26(20(24)15-31)36-16-23(34)32-22-14-8-7-12-19(22)25(35)17-9-3-1-4-10-17/h1,3-4,7-10,12,14H,2,5-6,11,13,16H2,(H,32,34). The maximum absolute atomic E-state index is 14.0. The lowest BCUT2D eigenvalue weighted by atomic mass is 9.97. The topological polar surface area (TPSA) is 82.9 Å². The van der Waals surface area contributed by atoms with Crippen molar-refractivity contribution in [2.24, 2.45) is 0 Å². The Bertz CT molecular complexity index is 1330. The highest BCUT2D eigenvalue weighted by molar-refractivity contribution is 8.00. The number of nitriles is 1. The predicted octanol–water partition coefficient (Wildman–Crippen LogP) is 6.20. The molecule has 1 aliphatic carbocycles. The Morgan fingerprint density at radius 2 is 1.69 bits per heavy atom. The van der Waals surface area contributed by atoms with Crippen molar-refractivity contribution in [3.8, 4) is 6.07 Å². The molecule has 1 heterocycles. The molecule has 1 N–H and O–H groups in total. The molecular formula is C27H22F3N3O2S. The lowest BCUT2D eigenvalue weighted by molar-refractivity contribution is -0.138. The van der Waals surface area contributed by atoms with Gasteiger partial charge in [-0.05, 0) is 43.4 Å². The highest BCUT2D eigenvalue weighted by atomic mass is 32.2. The largest absolute Gasteiger partial charge is 0.418 e. The number of hydrogen-bond donors (Lipinski definition) is 1. The van der Waals surface area contributed by atoms with Crippen LogP contribution in [0.25, 0.3) is 0 Å². The molecule has 0 fully saturated rings. The summed E-state index contributed by atoms with van der Waals surface area (Å²) in [5.41, 5.74) is 0.0187. The number of nitrogens with one attached hydrogen (secondary N) is 1. The van der Waals surface area contributed by atoms with Gasteiger partial charge in [-0.25, -0.2) is 4.98 Å². The number of alkyl halides is 3. The van der Waals surface area contributed by atoms with Gasteiger partial charge < -0.3 is 5.32 Å². The highest BCUT2D eigenvalue weighted by Gasteiger charge is 2.39. The van der Waals surface area contributed by atoms with E-state index in [9.17, 15) is 28.0 Å². The third-order valence-corrected chi connectivity index (χ3v) is 6.88. The summed E-state index contributed by atoms with van der Waals surface area (Å²) in [7, 11) is 0. The number of halogens is 3. The number of nitrogens with zero attached hydrogens (tertiary/aromatic N) is 2. The van der Waals surface area contributed by atoms with E-state index in [1.807, 2.05) is 0 Å². The van der Waals surface area contributed by atoms with Gasteiger partial charge in [-0.3, -0.25) is 9.59 Å². The van der Waals surface area contributed by atoms with Gasteiger partial charge in [0, 0.05) is 16.8 Å². The molecule has 2 aromatic carbocycles. The van der Waals surface area contributed by atoms with Crippen molar-refractivity contribution in [1.29, 1.82) is 5.26 Å². The average molecular weight is 510 g/mol. The van der Waals surface area contributed by atoms with E-state index < -0.39 is 23.2 Å². The molecule has 0 saturated heterocycles. The van der Waals surface area contributed by atoms with Crippen molar-refractivity contribution in [2.75, 3.05) is 11.1 Å². The Hall–Kier alpha value is -3.64. The van der Waals surface area contributed by atoms with Crippen LogP contribution in [0.3, 0.4) is 0 Å². The molecule has 0 bridgehead atoms. The summed E-state index contributed by atoms with van der Waals surface area (Å²) in [5, 5.41) is 12.2. The smallest absolute Gasteiger partial charge is 0.325 e. The number of anilines is 1. The van der Waals surface area contributed by atoms with Crippen LogP contribution in [0, 0.1) is 11.3 Å². The maximum atomic E-state index is 14.0. The molecule has 0 saturated carbocycles. The Kier molecular flexibility index (Phi) is 7.75. The number of aryl methyl sites for hydroxylation is 1. The molecular weight excluding hydrogens is 487 g/mol. The zero-order valence-electron chi connectivity index (χ0n) is 19.2. The van der Waals surface area contributed by atoms with E-state index in [1.165, 1.54) is 0 Å². The molecule has 0 atom stereocenters. The second-order valence-corrected chi connectivity index (χ2v) is 9.30. The lowest BCUT2D eigenvalue weighted by Gasteiger charge is -2.18. The second-order valence-electron chi connectivity index (χ2n) is 8.34. The molecule has 5 nitrogen and oxygen atoms in total. The number of hydrogen-bond acceptors (Lipinski definition) is 5. The van der Waals surface area contributed by atoms with Crippen LogP contribution < -0.4 is 5.32 Å². The van der Waals surface area contributed by atoms with E-state index in [2.05, 4.69) is 10.3 Å². The summed E-state index contributed by atoms with van der Waals surface area (Å²) in [4.78, 5) is 30.0. The normalized spacial score (nSPS) is 13.3. The fraction of sp³-hybridized carbons (Fsp3) is 0.259. The van der Waals surface area contributed by atoms with Gasteiger partial charge in [0.15, 0.2) is 5.78 Å². The third kappa shape index (κ3) is 5.60. The summed E-state index contributed by atoms with van der Waals surface area (Å²) in [6.45, 7) is 0. The number of rotatable bonds is 6. The molecule has 0 aliphatic heterocycles. The van der Waals surface area contributed by atoms with Crippen molar-refractivity contribution in [3.05, 3.63) is 88.1 Å². The van der Waals surface area contributed by atoms with E-state index >= 15 is 0 Å². The minimum atomic E-state index is -4.70. The van der Waals surface area contributed by atoms with Crippen LogP contribution >= 0.6 is 11.8 Å². The van der Waals surface area contributed by atoms with Gasteiger partial charge in [-0.15, -0.1) is 0 Å². The van der Waals surface area contributed by atoms with Crippen LogP contribution in [-0.2, 0) is 23.8 Å². The summed E-state index contributed by atoms with van der Waals surface area (Å²) < 4.78 is 41.9. The van der Waals surface area contributed by atoms with Crippen molar-refractivity contribution < 1.29 is 22.8 Å². The number of carbonyl (C=O) groups is 2. The van der Waals surface area contributed by atoms with Gasteiger partial charge in [0.25, 0.3) is 0 Å². The number of fused-ring (bicyclic) bond motifs is 1. The molecule has 0 radical (unpaired) electrons. The maximum Gasteiger partial charge on any atom is 0.418 e. The number of aromatic nitrogens is 1. The van der Waals surface area contributed by atoms with E-state index in [1.54, 1.807) is 60.7 Å². The van der Waals surface area contributed by atoms with Crippen LogP contribution in [0.4, 0.5) is 18.9 Å². The molecule has 1 aromatic heterocycles. The highest BCUT2D eigenvalue weighted by Crippen LogP contribution is 2.40. The van der Waals surface area contributed by atoms with Crippen molar-refractivity contribution in [3.63, 3.8) is 0 Å². The number of amides is 1. The first-order valence-corrected chi connectivity index (χ1v) is 12.4. The van der Waals surface area contributed by atoms with Crippen LogP contribution in [0.2, 0.25) is 0 Å². The average Bonchev–Trinajstić information content (AvgIpc) is 3.11. The lowest BCUT2D eigenvalue weighted by Crippen LogP contribution is -2.19. The summed E-state index contributed by atoms with van der Waals surface area (Å²) in [6.07, 6.45) is -1.95. The quantitative estimate of drug-likeness (QED) is 0.243. The van der Waals surface area contributed by atoms with Gasteiger partial charge in [0.05, 0.1) is 22.6 Å². The van der Waals surface area contributed by atoms with E-state index in [0.29, 0.717) is 35.3 Å². The number of pyridine rings is 1. The molecule has 1 aliphatic rings. The van der Waals surface area contributed by atoms with Crippen LogP contribution in [0.15, 0.2) is 59.6 Å². The zero-order valence-corrected chi connectivity index (χ0v) is 20.0. The SMILES string of the molecule is N#Cc1c(SCC(=O)Nc2ccccc2C(=O)c2ccccc2)nc2c(c1C(F)(F)F)CCCCC2. The van der Waals surface area contributed by atoms with Crippen LogP contribution in [-0.4, -0.2) is 22.4 Å². The third-order valence-electron chi connectivity index (χ3n) is 5.91. The first kappa shape index (κ1) is 25.5. The molecule has 9 heteroatoms. The molecule has 0 unspecified atom stereocenters. The Morgan fingerprint density at radius 3 is 2.42 bits per heavy atom. The Balaban J connectivity index is 1.57. The summed E-state index contributed by atoms with van der Waals surface area (Å²) in [6, 6.07) is 16.8. The van der Waals surface area contributed by atoms with Gasteiger partial charge in [0.1, 0.15) is 11.1 Å². The zero-order chi connectivity index (χ0) is 25.7. The molecule has 184 valence electrons. The van der Waals surface area contributed by atoms with Gasteiger partial charge in [-0.2, -0.15) is 18.4 Å². The summed E-state index contributed by atoms with van der Waals surface area (Å²) in [5.74, 6) is -1.07. The monoisotopic (exact) mass is 509 g/mol. The molecule has 1 amide bonds. The minimum Gasteiger partial charge on any atom is -0.325 e. The Morgan fingerprint density at radius 1 is 1.00 bits per heavy atom. The van der Waals surface area contributed by atoms with E-state index in [4.69, 9.17) is 0 Å². The van der Waals surface area contributed by atoms with Crippen LogP contribution in [0.1, 0.15) is 57.6 Å². The number of carbonyl (C=O) groups excluding carboxylic acids is 2. The first-order chi connectivity index (χ1) is 17.3. The minimum absolute atomic E-state index is 0.0960. The van der Waals surface area contributed by atoms with Crippen molar-refractivity contribution in [1.82, 2.24) is 4.98 Å². The first-order valence-electron chi connectivity index (χ1n) is 11.4. The van der Waals surface area contributed by atoms with E-state index in [-0.39, 0.29) is 28.5 Å².